The lowest BCUT2D eigenvalue weighted by atomic mass is 10.2. The van der Waals surface area contributed by atoms with E-state index in [0.717, 1.165) is 15.7 Å². The maximum atomic E-state index is 12.3. The molecule has 3 aromatic rings. The van der Waals surface area contributed by atoms with E-state index in [-0.39, 0.29) is 11.6 Å². The van der Waals surface area contributed by atoms with Crippen molar-refractivity contribution in [1.82, 2.24) is 25.3 Å². The number of amides is 1. The number of rotatable bonds is 4. The number of hydrogen-bond donors (Lipinski definition) is 2. The van der Waals surface area contributed by atoms with Gasteiger partial charge in [0.05, 0.1) is 21.8 Å². The van der Waals surface area contributed by atoms with E-state index < -0.39 is 11.5 Å². The fraction of sp³-hybridized carbons (Fsp3) is 0.267. The van der Waals surface area contributed by atoms with Crippen molar-refractivity contribution in [3.8, 4) is 11.5 Å². The Bertz CT molecular complexity index is 943. The quantitative estimate of drug-likeness (QED) is 0.743. The van der Waals surface area contributed by atoms with Gasteiger partial charge in [0.2, 0.25) is 0 Å². The number of aryl methyl sites for hydroxylation is 2. The number of carbonyl (C=O) groups excluding carboxylic acids is 1. The first kappa shape index (κ1) is 16.5. The number of aromatic amines is 1. The minimum absolute atomic E-state index is 0.0375. The monoisotopic (exact) mass is 361 g/mol. The first-order valence-corrected chi connectivity index (χ1v) is 8.94. The highest BCUT2D eigenvalue weighted by molar-refractivity contribution is 7.10. The summed E-state index contributed by atoms with van der Waals surface area (Å²) in [6.07, 6.45) is 1.27. The molecule has 0 radical (unpaired) electrons. The van der Waals surface area contributed by atoms with Crippen LogP contribution in [-0.4, -0.2) is 25.8 Å². The molecule has 3 rings (SSSR count). The summed E-state index contributed by atoms with van der Waals surface area (Å²) < 4.78 is 0. The van der Waals surface area contributed by atoms with Crippen molar-refractivity contribution >= 4 is 28.6 Å². The standard InChI is InChI=1S/C15H15N5O2S2/c1-7(11-5-23-8(2)18-11)17-14(21)10-4-16-13(20-15(10)22)12-6-24-9(3)19-12/h4-7H,1-3H3,(H,17,21)(H,16,20,22). The van der Waals surface area contributed by atoms with Crippen LogP contribution in [0, 0.1) is 13.8 Å². The van der Waals surface area contributed by atoms with Crippen LogP contribution in [-0.2, 0) is 0 Å². The van der Waals surface area contributed by atoms with Gasteiger partial charge in [-0.25, -0.2) is 15.0 Å². The van der Waals surface area contributed by atoms with Gasteiger partial charge in [-0.1, -0.05) is 0 Å². The van der Waals surface area contributed by atoms with Crippen LogP contribution in [0.4, 0.5) is 0 Å². The highest BCUT2D eigenvalue weighted by atomic mass is 32.1. The average molecular weight is 361 g/mol. The Morgan fingerprint density at radius 1 is 1.21 bits per heavy atom. The molecule has 0 bridgehead atoms. The van der Waals surface area contributed by atoms with Crippen LogP contribution in [0.3, 0.4) is 0 Å². The number of H-pyrrole nitrogens is 1. The van der Waals surface area contributed by atoms with Crippen LogP contribution in [0.5, 0.6) is 0 Å². The molecule has 9 heteroatoms. The van der Waals surface area contributed by atoms with Gasteiger partial charge in [-0.2, -0.15) is 0 Å². The summed E-state index contributed by atoms with van der Waals surface area (Å²) in [7, 11) is 0. The molecule has 1 unspecified atom stereocenters. The molecule has 3 aromatic heterocycles. The van der Waals surface area contributed by atoms with E-state index in [9.17, 15) is 9.59 Å². The Balaban J connectivity index is 1.79. The predicted molar refractivity (Wildman–Crippen MR) is 93.4 cm³/mol. The zero-order valence-corrected chi connectivity index (χ0v) is 14.9. The lowest BCUT2D eigenvalue weighted by molar-refractivity contribution is 0.0937. The molecule has 0 aliphatic heterocycles. The van der Waals surface area contributed by atoms with Gasteiger partial charge >= 0.3 is 0 Å². The van der Waals surface area contributed by atoms with Crippen LogP contribution in [0.2, 0.25) is 0 Å². The molecule has 0 saturated carbocycles. The molecule has 0 spiro atoms. The molecule has 0 aliphatic carbocycles. The van der Waals surface area contributed by atoms with Crippen molar-refractivity contribution in [2.75, 3.05) is 0 Å². The minimum Gasteiger partial charge on any atom is -0.344 e. The number of hydrogen-bond acceptors (Lipinski definition) is 7. The van der Waals surface area contributed by atoms with E-state index in [2.05, 4.69) is 25.3 Å². The van der Waals surface area contributed by atoms with E-state index in [1.54, 1.807) is 5.38 Å². The van der Waals surface area contributed by atoms with Crippen molar-refractivity contribution in [3.05, 3.63) is 48.6 Å². The normalized spacial score (nSPS) is 12.1. The second-order valence-corrected chi connectivity index (χ2v) is 7.34. The van der Waals surface area contributed by atoms with Crippen LogP contribution in [0.25, 0.3) is 11.5 Å². The van der Waals surface area contributed by atoms with E-state index in [4.69, 9.17) is 0 Å². The Hall–Kier alpha value is -2.39. The molecule has 7 nitrogen and oxygen atoms in total. The Kier molecular flexibility index (Phi) is 4.54. The second kappa shape index (κ2) is 6.62. The SMILES string of the molecule is Cc1nc(-c2ncc(C(=O)NC(C)c3csc(C)n3)c(=O)[nH]2)cs1. The molecule has 2 N–H and O–H groups in total. The summed E-state index contributed by atoms with van der Waals surface area (Å²) in [6, 6.07) is -0.289. The van der Waals surface area contributed by atoms with Crippen LogP contribution in [0.1, 0.15) is 39.0 Å². The van der Waals surface area contributed by atoms with E-state index in [1.807, 2.05) is 26.2 Å². The first-order valence-electron chi connectivity index (χ1n) is 7.18. The Morgan fingerprint density at radius 3 is 2.50 bits per heavy atom. The molecular formula is C15H15N5O2S2. The topological polar surface area (TPSA) is 101 Å². The van der Waals surface area contributed by atoms with Crippen LogP contribution in [0.15, 0.2) is 21.8 Å². The zero-order valence-electron chi connectivity index (χ0n) is 13.3. The molecule has 124 valence electrons. The highest BCUT2D eigenvalue weighted by Gasteiger charge is 2.17. The van der Waals surface area contributed by atoms with Crippen molar-refractivity contribution in [1.29, 1.82) is 0 Å². The van der Waals surface area contributed by atoms with Gasteiger partial charge in [-0.05, 0) is 20.8 Å². The Labute approximate surface area is 145 Å². The molecule has 0 fully saturated rings. The van der Waals surface area contributed by atoms with Gasteiger partial charge in [0.25, 0.3) is 11.5 Å². The third-order valence-electron chi connectivity index (χ3n) is 3.33. The summed E-state index contributed by atoms with van der Waals surface area (Å²) >= 11 is 2.98. The van der Waals surface area contributed by atoms with Gasteiger partial charge in [0.15, 0.2) is 5.82 Å². The maximum Gasteiger partial charge on any atom is 0.264 e. The van der Waals surface area contributed by atoms with Crippen molar-refractivity contribution < 1.29 is 4.79 Å². The fourth-order valence-electron chi connectivity index (χ4n) is 2.09. The summed E-state index contributed by atoms with van der Waals surface area (Å²) in [6.45, 7) is 5.59. The lowest BCUT2D eigenvalue weighted by Crippen LogP contribution is -2.32. The minimum atomic E-state index is -0.496. The molecule has 0 aliphatic rings. The zero-order chi connectivity index (χ0) is 17.3. The van der Waals surface area contributed by atoms with Crippen molar-refractivity contribution in [2.45, 2.75) is 26.8 Å². The highest BCUT2D eigenvalue weighted by Crippen LogP contribution is 2.17. The summed E-state index contributed by atoms with van der Waals surface area (Å²) in [4.78, 5) is 39.8. The Morgan fingerprint density at radius 2 is 1.92 bits per heavy atom. The van der Waals surface area contributed by atoms with Gasteiger partial charge in [-0.15, -0.1) is 22.7 Å². The molecule has 1 atom stereocenters. The molecule has 3 heterocycles. The lowest BCUT2D eigenvalue weighted by Gasteiger charge is -2.11. The average Bonchev–Trinajstić information content (AvgIpc) is 3.15. The molecular weight excluding hydrogens is 346 g/mol. The number of nitrogens with one attached hydrogen (secondary N) is 2. The van der Waals surface area contributed by atoms with E-state index in [0.29, 0.717) is 11.5 Å². The summed E-state index contributed by atoms with van der Waals surface area (Å²) in [5.74, 6) is -0.132. The predicted octanol–water partition coefficient (Wildman–Crippen LogP) is 2.46. The van der Waals surface area contributed by atoms with Crippen molar-refractivity contribution in [2.24, 2.45) is 0 Å². The van der Waals surface area contributed by atoms with Gasteiger partial charge in [0.1, 0.15) is 11.3 Å². The fourth-order valence-corrected chi connectivity index (χ4v) is 3.39. The number of thiazole rings is 2. The van der Waals surface area contributed by atoms with Gasteiger partial charge < -0.3 is 10.3 Å². The maximum absolute atomic E-state index is 12.3. The molecule has 24 heavy (non-hydrogen) atoms. The first-order chi connectivity index (χ1) is 11.4. The van der Waals surface area contributed by atoms with Crippen LogP contribution >= 0.6 is 22.7 Å². The smallest absolute Gasteiger partial charge is 0.264 e. The van der Waals surface area contributed by atoms with Gasteiger partial charge in [0, 0.05) is 17.0 Å². The second-order valence-electron chi connectivity index (χ2n) is 5.21. The summed E-state index contributed by atoms with van der Waals surface area (Å²) in [5, 5.41) is 8.25. The molecule has 0 saturated heterocycles. The number of nitrogens with zero attached hydrogens (tertiary/aromatic N) is 3. The number of aromatic nitrogens is 4. The number of carbonyl (C=O) groups is 1. The third-order valence-corrected chi connectivity index (χ3v) is 4.90. The van der Waals surface area contributed by atoms with Crippen molar-refractivity contribution in [3.63, 3.8) is 0 Å². The van der Waals surface area contributed by atoms with E-state index >= 15 is 0 Å². The van der Waals surface area contributed by atoms with E-state index in [1.165, 1.54) is 28.9 Å². The largest absolute Gasteiger partial charge is 0.344 e. The van der Waals surface area contributed by atoms with Crippen LogP contribution < -0.4 is 10.9 Å². The molecule has 1 amide bonds. The molecule has 0 aromatic carbocycles. The van der Waals surface area contributed by atoms with Gasteiger partial charge in [-0.3, -0.25) is 9.59 Å². The third kappa shape index (κ3) is 3.41. The summed E-state index contributed by atoms with van der Waals surface area (Å²) in [5.41, 5.74) is 0.826.